The Morgan fingerprint density at radius 3 is 2.53 bits per heavy atom. The van der Waals surface area contributed by atoms with Gasteiger partial charge in [-0.05, 0) is 30.5 Å². The quantitative estimate of drug-likeness (QED) is 0.793. The number of hydrogen-bond donors (Lipinski definition) is 1. The maximum atomic E-state index is 13.1. The van der Waals surface area contributed by atoms with E-state index < -0.39 is 5.41 Å². The molecule has 0 atom stereocenters. The van der Waals surface area contributed by atoms with Crippen LogP contribution in [0, 0.1) is 5.82 Å². The Labute approximate surface area is 88.3 Å². The van der Waals surface area contributed by atoms with Gasteiger partial charge in [0.25, 0.3) is 0 Å². The molecule has 0 unspecified atom stereocenters. The molecule has 1 fully saturated rings. The maximum absolute atomic E-state index is 13.1. The first-order valence-corrected chi connectivity index (χ1v) is 5.21. The van der Waals surface area contributed by atoms with E-state index in [2.05, 4.69) is 0 Å². The second kappa shape index (κ2) is 3.65. The Morgan fingerprint density at radius 2 is 2.00 bits per heavy atom. The standard InChI is InChI=1S/C12H14FNO/c13-10-5-3-4-9(8-10)12(11(14)15)6-1-2-7-12/h3-5,8H,1-2,6-7H2,(H2,14,15). The van der Waals surface area contributed by atoms with Gasteiger partial charge in [-0.25, -0.2) is 4.39 Å². The largest absolute Gasteiger partial charge is 0.369 e. The Bertz CT molecular complexity index is 383. The summed E-state index contributed by atoms with van der Waals surface area (Å²) >= 11 is 0. The molecule has 2 N–H and O–H groups in total. The van der Waals surface area contributed by atoms with E-state index in [-0.39, 0.29) is 11.7 Å². The molecule has 0 saturated heterocycles. The lowest BCUT2D eigenvalue weighted by Crippen LogP contribution is -2.38. The number of amides is 1. The van der Waals surface area contributed by atoms with Crippen LogP contribution in [0.1, 0.15) is 31.2 Å². The highest BCUT2D eigenvalue weighted by Crippen LogP contribution is 2.40. The fourth-order valence-corrected chi connectivity index (χ4v) is 2.44. The number of benzene rings is 1. The monoisotopic (exact) mass is 207 g/mol. The number of carbonyl (C=O) groups is 1. The molecule has 0 aliphatic heterocycles. The van der Waals surface area contributed by atoms with Crippen molar-refractivity contribution >= 4 is 5.91 Å². The van der Waals surface area contributed by atoms with Gasteiger partial charge in [-0.1, -0.05) is 25.0 Å². The van der Waals surface area contributed by atoms with E-state index >= 15 is 0 Å². The zero-order valence-electron chi connectivity index (χ0n) is 8.50. The van der Waals surface area contributed by atoms with Crippen LogP contribution in [-0.4, -0.2) is 5.91 Å². The highest BCUT2D eigenvalue weighted by molar-refractivity contribution is 5.87. The van der Waals surface area contributed by atoms with Crippen LogP contribution >= 0.6 is 0 Å². The molecule has 1 aromatic carbocycles. The summed E-state index contributed by atoms with van der Waals surface area (Å²) in [5.74, 6) is -0.634. The summed E-state index contributed by atoms with van der Waals surface area (Å²) in [6.45, 7) is 0. The van der Waals surface area contributed by atoms with Crippen LogP contribution in [0.4, 0.5) is 4.39 Å². The van der Waals surface area contributed by atoms with Gasteiger partial charge in [-0.3, -0.25) is 4.79 Å². The van der Waals surface area contributed by atoms with Crippen molar-refractivity contribution in [2.75, 3.05) is 0 Å². The lowest BCUT2D eigenvalue weighted by atomic mass is 9.78. The predicted octanol–water partition coefficient (Wildman–Crippen LogP) is 2.12. The Balaban J connectivity index is 2.45. The molecule has 1 aliphatic carbocycles. The van der Waals surface area contributed by atoms with Gasteiger partial charge in [0.1, 0.15) is 5.82 Å². The third-order valence-electron chi connectivity index (χ3n) is 3.31. The third kappa shape index (κ3) is 1.62. The van der Waals surface area contributed by atoms with Crippen LogP contribution in [-0.2, 0) is 10.2 Å². The van der Waals surface area contributed by atoms with E-state index in [0.29, 0.717) is 0 Å². The molecule has 2 rings (SSSR count). The number of hydrogen-bond acceptors (Lipinski definition) is 1. The Morgan fingerprint density at radius 1 is 1.33 bits per heavy atom. The van der Waals surface area contributed by atoms with Crippen molar-refractivity contribution in [2.45, 2.75) is 31.1 Å². The summed E-state index contributed by atoms with van der Waals surface area (Å²) in [6.07, 6.45) is 3.45. The zero-order valence-corrected chi connectivity index (χ0v) is 8.50. The second-order valence-corrected chi connectivity index (χ2v) is 4.16. The van der Waals surface area contributed by atoms with Gasteiger partial charge in [-0.15, -0.1) is 0 Å². The number of rotatable bonds is 2. The summed E-state index contributed by atoms with van der Waals surface area (Å²) in [5, 5.41) is 0. The molecule has 3 heteroatoms. The van der Waals surface area contributed by atoms with Gasteiger partial charge >= 0.3 is 0 Å². The van der Waals surface area contributed by atoms with Crippen LogP contribution in [0.5, 0.6) is 0 Å². The smallest absolute Gasteiger partial charge is 0.228 e. The summed E-state index contributed by atoms with van der Waals surface area (Å²) in [4.78, 5) is 11.5. The van der Waals surface area contributed by atoms with Gasteiger partial charge in [0.05, 0.1) is 5.41 Å². The van der Waals surface area contributed by atoms with Crippen molar-refractivity contribution in [1.29, 1.82) is 0 Å². The SMILES string of the molecule is NC(=O)C1(c2cccc(F)c2)CCCC1. The number of halogens is 1. The molecule has 0 aromatic heterocycles. The first-order valence-electron chi connectivity index (χ1n) is 5.21. The van der Waals surface area contributed by atoms with Crippen LogP contribution < -0.4 is 5.73 Å². The highest BCUT2D eigenvalue weighted by atomic mass is 19.1. The van der Waals surface area contributed by atoms with Gasteiger partial charge in [0.15, 0.2) is 0 Å². The molecule has 80 valence electrons. The lowest BCUT2D eigenvalue weighted by molar-refractivity contribution is -0.123. The van der Waals surface area contributed by atoms with Crippen molar-refractivity contribution < 1.29 is 9.18 Å². The maximum Gasteiger partial charge on any atom is 0.228 e. The number of carbonyl (C=O) groups excluding carboxylic acids is 1. The summed E-state index contributed by atoms with van der Waals surface area (Å²) in [6, 6.07) is 6.23. The fourth-order valence-electron chi connectivity index (χ4n) is 2.44. The van der Waals surface area contributed by atoms with Crippen molar-refractivity contribution in [3.63, 3.8) is 0 Å². The average molecular weight is 207 g/mol. The molecule has 0 bridgehead atoms. The molecular weight excluding hydrogens is 193 g/mol. The summed E-state index contributed by atoms with van der Waals surface area (Å²) in [7, 11) is 0. The molecule has 0 spiro atoms. The average Bonchev–Trinajstić information content (AvgIpc) is 2.67. The van der Waals surface area contributed by atoms with Crippen molar-refractivity contribution in [2.24, 2.45) is 5.73 Å². The second-order valence-electron chi connectivity index (χ2n) is 4.16. The van der Waals surface area contributed by atoms with Gasteiger partial charge in [0, 0.05) is 0 Å². The zero-order chi connectivity index (χ0) is 10.9. The van der Waals surface area contributed by atoms with Crippen LogP contribution in [0.2, 0.25) is 0 Å². The number of primary amides is 1. The topological polar surface area (TPSA) is 43.1 Å². The minimum atomic E-state index is -0.623. The molecular formula is C12H14FNO. The highest BCUT2D eigenvalue weighted by Gasteiger charge is 2.41. The summed E-state index contributed by atoms with van der Waals surface area (Å²) < 4.78 is 13.1. The Hall–Kier alpha value is -1.38. The first-order chi connectivity index (χ1) is 7.15. The van der Waals surface area contributed by atoms with Crippen molar-refractivity contribution in [1.82, 2.24) is 0 Å². The minimum Gasteiger partial charge on any atom is -0.369 e. The predicted molar refractivity (Wildman–Crippen MR) is 55.7 cm³/mol. The first kappa shape index (κ1) is 10.1. The van der Waals surface area contributed by atoms with E-state index in [0.717, 1.165) is 31.2 Å². The fraction of sp³-hybridized carbons (Fsp3) is 0.417. The van der Waals surface area contributed by atoms with Gasteiger partial charge < -0.3 is 5.73 Å². The van der Waals surface area contributed by atoms with E-state index in [1.54, 1.807) is 12.1 Å². The molecule has 2 nitrogen and oxygen atoms in total. The van der Waals surface area contributed by atoms with E-state index in [1.807, 2.05) is 0 Å². The lowest BCUT2D eigenvalue weighted by Gasteiger charge is -2.25. The van der Waals surface area contributed by atoms with E-state index in [4.69, 9.17) is 5.73 Å². The minimum absolute atomic E-state index is 0.306. The molecule has 1 amide bonds. The summed E-state index contributed by atoms with van der Waals surface area (Å²) in [5.41, 5.74) is 5.56. The van der Waals surface area contributed by atoms with Gasteiger partial charge in [-0.2, -0.15) is 0 Å². The molecule has 0 heterocycles. The molecule has 15 heavy (non-hydrogen) atoms. The third-order valence-corrected chi connectivity index (χ3v) is 3.31. The Kier molecular flexibility index (Phi) is 2.47. The van der Waals surface area contributed by atoms with Gasteiger partial charge in [0.2, 0.25) is 5.91 Å². The molecule has 1 aromatic rings. The van der Waals surface area contributed by atoms with Crippen LogP contribution in [0.25, 0.3) is 0 Å². The van der Waals surface area contributed by atoms with Crippen molar-refractivity contribution in [3.05, 3.63) is 35.6 Å². The molecule has 1 aliphatic rings. The molecule has 1 saturated carbocycles. The van der Waals surface area contributed by atoms with E-state index in [9.17, 15) is 9.18 Å². The van der Waals surface area contributed by atoms with Crippen LogP contribution in [0.3, 0.4) is 0 Å². The van der Waals surface area contributed by atoms with E-state index in [1.165, 1.54) is 12.1 Å². The molecule has 0 radical (unpaired) electrons. The van der Waals surface area contributed by atoms with Crippen molar-refractivity contribution in [3.8, 4) is 0 Å². The normalized spacial score (nSPS) is 19.0. The number of nitrogens with two attached hydrogens (primary N) is 1. The van der Waals surface area contributed by atoms with Crippen LogP contribution in [0.15, 0.2) is 24.3 Å².